The van der Waals surface area contributed by atoms with Crippen LogP contribution in [0.3, 0.4) is 0 Å². The number of hydrogen-bond acceptors (Lipinski definition) is 3. The number of benzene rings is 2. The van der Waals surface area contributed by atoms with E-state index in [1.54, 1.807) is 6.20 Å². The molecule has 1 fully saturated rings. The van der Waals surface area contributed by atoms with E-state index in [2.05, 4.69) is 22.1 Å². The molecule has 2 aromatic carbocycles. The number of aromatic nitrogens is 2. The number of aliphatic hydroxyl groups excluding tert-OH is 1. The minimum atomic E-state index is -0.535. The first-order valence-electron chi connectivity index (χ1n) is 7.27. The number of nitrogens with zero attached hydrogens (tertiary/aromatic N) is 2. The normalized spacial score (nSPS) is 22.1. The third-order valence-corrected chi connectivity index (χ3v) is 4.24. The number of para-hydroxylation sites is 2. The summed E-state index contributed by atoms with van der Waals surface area (Å²) < 4.78 is 0. The van der Waals surface area contributed by atoms with Crippen molar-refractivity contribution in [3.8, 4) is 0 Å². The molecule has 21 heavy (non-hydrogen) atoms. The van der Waals surface area contributed by atoms with Gasteiger partial charge in [-0.25, -0.2) is 4.98 Å². The van der Waals surface area contributed by atoms with E-state index in [1.165, 1.54) is 5.56 Å². The summed E-state index contributed by atoms with van der Waals surface area (Å²) in [5.41, 5.74) is 3.68. The fraction of sp³-hybridized carbons (Fsp3) is 0.222. The van der Waals surface area contributed by atoms with Crippen LogP contribution in [0.1, 0.15) is 29.7 Å². The molecule has 0 radical (unpaired) electrons. The zero-order valence-corrected chi connectivity index (χ0v) is 11.6. The van der Waals surface area contributed by atoms with Crippen LogP contribution in [0, 0.1) is 5.92 Å². The molecule has 3 atom stereocenters. The van der Waals surface area contributed by atoms with Gasteiger partial charge in [-0.3, -0.25) is 4.98 Å². The Bertz CT molecular complexity index is 772. The Kier molecular flexibility index (Phi) is 2.93. The minimum absolute atomic E-state index is 0.253. The van der Waals surface area contributed by atoms with Gasteiger partial charge in [0, 0.05) is 0 Å². The maximum atomic E-state index is 10.5. The summed E-state index contributed by atoms with van der Waals surface area (Å²) in [6, 6.07) is 18.1. The Labute approximate surface area is 123 Å². The number of rotatable bonds is 3. The number of fused-ring (bicyclic) bond motifs is 1. The average molecular weight is 276 g/mol. The molecular formula is C18H16N2O. The fourth-order valence-corrected chi connectivity index (χ4v) is 2.98. The van der Waals surface area contributed by atoms with Crippen molar-refractivity contribution in [1.82, 2.24) is 9.97 Å². The molecule has 0 amide bonds. The van der Waals surface area contributed by atoms with Crippen molar-refractivity contribution in [2.24, 2.45) is 5.92 Å². The summed E-state index contributed by atoms with van der Waals surface area (Å²) in [6.45, 7) is 0. The molecule has 0 saturated heterocycles. The molecule has 1 saturated carbocycles. The van der Waals surface area contributed by atoms with Crippen molar-refractivity contribution < 1.29 is 5.11 Å². The van der Waals surface area contributed by atoms with Crippen LogP contribution < -0.4 is 0 Å². The van der Waals surface area contributed by atoms with Crippen molar-refractivity contribution in [3.63, 3.8) is 0 Å². The van der Waals surface area contributed by atoms with E-state index in [0.29, 0.717) is 11.6 Å². The zero-order chi connectivity index (χ0) is 14.2. The second-order valence-electron chi connectivity index (χ2n) is 5.65. The highest BCUT2D eigenvalue weighted by Crippen LogP contribution is 2.53. The standard InChI is InChI=1S/C18H16N2O/c21-18(14-10-13(14)12-6-2-1-3-7-12)17-11-19-15-8-4-5-9-16(15)20-17/h1-9,11,13-14,18,21H,10H2. The van der Waals surface area contributed by atoms with E-state index in [1.807, 2.05) is 42.5 Å². The molecule has 1 heterocycles. The van der Waals surface area contributed by atoms with Crippen molar-refractivity contribution >= 4 is 11.0 Å². The van der Waals surface area contributed by atoms with E-state index in [9.17, 15) is 5.11 Å². The highest BCUT2D eigenvalue weighted by Gasteiger charge is 2.44. The van der Waals surface area contributed by atoms with E-state index in [0.717, 1.165) is 17.5 Å². The number of hydrogen-bond donors (Lipinski definition) is 1. The molecular weight excluding hydrogens is 260 g/mol. The molecule has 1 aliphatic carbocycles. The fourth-order valence-electron chi connectivity index (χ4n) is 2.98. The zero-order valence-electron chi connectivity index (χ0n) is 11.6. The SMILES string of the molecule is OC(c1cnc2ccccc2n1)C1CC1c1ccccc1. The van der Waals surface area contributed by atoms with Crippen LogP contribution in [0.2, 0.25) is 0 Å². The Hall–Kier alpha value is -2.26. The van der Waals surface area contributed by atoms with E-state index in [-0.39, 0.29) is 5.92 Å². The average Bonchev–Trinajstić information content (AvgIpc) is 3.35. The summed E-state index contributed by atoms with van der Waals surface area (Å²) >= 11 is 0. The summed E-state index contributed by atoms with van der Waals surface area (Å²) in [7, 11) is 0. The smallest absolute Gasteiger partial charge is 0.101 e. The molecule has 0 spiro atoms. The third kappa shape index (κ3) is 2.30. The summed E-state index contributed by atoms with van der Waals surface area (Å²) in [5, 5.41) is 10.5. The predicted molar refractivity (Wildman–Crippen MR) is 81.8 cm³/mol. The van der Waals surface area contributed by atoms with Gasteiger partial charge in [-0.05, 0) is 36.0 Å². The second-order valence-corrected chi connectivity index (χ2v) is 5.65. The highest BCUT2D eigenvalue weighted by atomic mass is 16.3. The van der Waals surface area contributed by atoms with Crippen molar-refractivity contribution in [2.75, 3.05) is 0 Å². The van der Waals surface area contributed by atoms with Gasteiger partial charge < -0.3 is 5.11 Å². The molecule has 3 aromatic rings. The minimum Gasteiger partial charge on any atom is -0.386 e. The molecule has 0 bridgehead atoms. The Morgan fingerprint density at radius 2 is 1.67 bits per heavy atom. The summed E-state index contributed by atoms with van der Waals surface area (Å²) in [6.07, 6.45) is 2.18. The lowest BCUT2D eigenvalue weighted by molar-refractivity contribution is 0.146. The van der Waals surface area contributed by atoms with Crippen LogP contribution in [-0.2, 0) is 0 Å². The second kappa shape index (κ2) is 4.93. The van der Waals surface area contributed by atoms with Gasteiger partial charge in [0.1, 0.15) is 6.10 Å². The summed E-state index contributed by atoms with van der Waals surface area (Å²) in [4.78, 5) is 8.94. The maximum Gasteiger partial charge on any atom is 0.101 e. The van der Waals surface area contributed by atoms with Crippen LogP contribution in [0.5, 0.6) is 0 Å². The highest BCUT2D eigenvalue weighted by molar-refractivity contribution is 5.73. The lowest BCUT2D eigenvalue weighted by atomic mass is 10.1. The van der Waals surface area contributed by atoms with Gasteiger partial charge in [0.2, 0.25) is 0 Å². The lowest BCUT2D eigenvalue weighted by Gasteiger charge is -2.10. The predicted octanol–water partition coefficient (Wildman–Crippen LogP) is 3.47. The van der Waals surface area contributed by atoms with Crippen molar-refractivity contribution in [2.45, 2.75) is 18.4 Å². The van der Waals surface area contributed by atoms with Gasteiger partial charge in [0.05, 0.1) is 22.9 Å². The van der Waals surface area contributed by atoms with E-state index < -0.39 is 6.10 Å². The molecule has 1 aromatic heterocycles. The van der Waals surface area contributed by atoms with Gasteiger partial charge >= 0.3 is 0 Å². The molecule has 3 heteroatoms. The van der Waals surface area contributed by atoms with Crippen LogP contribution in [0.4, 0.5) is 0 Å². The largest absolute Gasteiger partial charge is 0.386 e. The van der Waals surface area contributed by atoms with E-state index >= 15 is 0 Å². The molecule has 4 rings (SSSR count). The van der Waals surface area contributed by atoms with Crippen LogP contribution >= 0.6 is 0 Å². The first-order chi connectivity index (χ1) is 10.3. The van der Waals surface area contributed by atoms with Crippen LogP contribution in [-0.4, -0.2) is 15.1 Å². The van der Waals surface area contributed by atoms with Gasteiger partial charge in [0.15, 0.2) is 0 Å². The quantitative estimate of drug-likeness (QED) is 0.796. The summed E-state index contributed by atoms with van der Waals surface area (Å²) in [5.74, 6) is 0.692. The topological polar surface area (TPSA) is 46.0 Å². The maximum absolute atomic E-state index is 10.5. The van der Waals surface area contributed by atoms with Gasteiger partial charge in [-0.2, -0.15) is 0 Å². The Balaban J connectivity index is 1.58. The lowest BCUT2D eigenvalue weighted by Crippen LogP contribution is -2.05. The molecule has 1 N–H and O–H groups in total. The monoisotopic (exact) mass is 276 g/mol. The van der Waals surface area contributed by atoms with E-state index in [4.69, 9.17) is 0 Å². The number of aliphatic hydroxyl groups is 1. The first-order valence-corrected chi connectivity index (χ1v) is 7.27. The Morgan fingerprint density at radius 1 is 0.952 bits per heavy atom. The van der Waals surface area contributed by atoms with Gasteiger partial charge in [-0.15, -0.1) is 0 Å². The first kappa shape index (κ1) is 12.5. The van der Waals surface area contributed by atoms with Crippen molar-refractivity contribution in [1.29, 1.82) is 0 Å². The molecule has 1 aliphatic rings. The Morgan fingerprint density at radius 3 is 2.48 bits per heavy atom. The molecule has 3 nitrogen and oxygen atoms in total. The van der Waals surface area contributed by atoms with Gasteiger partial charge in [0.25, 0.3) is 0 Å². The van der Waals surface area contributed by atoms with Gasteiger partial charge in [-0.1, -0.05) is 42.5 Å². The molecule has 3 unspecified atom stereocenters. The van der Waals surface area contributed by atoms with Crippen LogP contribution in [0.15, 0.2) is 60.8 Å². The molecule has 0 aliphatic heterocycles. The van der Waals surface area contributed by atoms with Crippen LogP contribution in [0.25, 0.3) is 11.0 Å². The molecule has 104 valence electrons. The van der Waals surface area contributed by atoms with Crippen molar-refractivity contribution in [3.05, 3.63) is 72.1 Å². The third-order valence-electron chi connectivity index (χ3n) is 4.24.